The lowest BCUT2D eigenvalue weighted by atomic mass is 9.74. The van der Waals surface area contributed by atoms with Gasteiger partial charge < -0.3 is 20.3 Å². The van der Waals surface area contributed by atoms with E-state index in [1.807, 2.05) is 0 Å². The number of nitrogens with two attached hydrogens (primary N) is 1. The molecule has 3 atom stereocenters. The highest BCUT2D eigenvalue weighted by molar-refractivity contribution is 5.73. The Bertz CT molecular complexity index is 796. The molecule has 5 heteroatoms. The first-order valence-corrected chi connectivity index (χ1v) is 10.1. The zero-order valence-electron chi connectivity index (χ0n) is 17.0. The van der Waals surface area contributed by atoms with Crippen molar-refractivity contribution >= 4 is 5.97 Å². The number of aromatic hydroxyl groups is 1. The highest BCUT2D eigenvalue weighted by Gasteiger charge is 2.37. The molecular weight excluding hydrogens is 354 g/mol. The van der Waals surface area contributed by atoms with Crippen LogP contribution in [0.5, 0.6) is 17.2 Å². The Morgan fingerprint density at radius 1 is 1.43 bits per heavy atom. The molecule has 0 fully saturated rings. The fourth-order valence-electron chi connectivity index (χ4n) is 4.34. The molecule has 0 radical (unpaired) electrons. The summed E-state index contributed by atoms with van der Waals surface area (Å²) in [5.41, 5.74) is 7.83. The van der Waals surface area contributed by atoms with E-state index in [0.717, 1.165) is 24.8 Å². The minimum atomic E-state index is -0.351. The number of fused-ring (bicyclic) bond motifs is 3. The normalized spacial score (nSPS) is 22.0. The molecule has 3 rings (SSSR count). The van der Waals surface area contributed by atoms with E-state index in [0.29, 0.717) is 24.0 Å². The van der Waals surface area contributed by atoms with Crippen molar-refractivity contribution in [2.75, 3.05) is 6.54 Å². The van der Waals surface area contributed by atoms with Crippen LogP contribution in [0.3, 0.4) is 0 Å². The first-order valence-electron chi connectivity index (χ1n) is 10.1. The Hall–Kier alpha value is -2.27. The van der Waals surface area contributed by atoms with Crippen molar-refractivity contribution in [1.29, 1.82) is 0 Å². The minimum absolute atomic E-state index is 0.0439. The maximum atomic E-state index is 12.4. The summed E-state index contributed by atoms with van der Waals surface area (Å²) in [5, 5.41) is 10.7. The second kappa shape index (κ2) is 8.39. The molecule has 1 heterocycles. The van der Waals surface area contributed by atoms with Gasteiger partial charge in [-0.15, -0.1) is 0 Å². The minimum Gasteiger partial charge on any atom is -0.507 e. The van der Waals surface area contributed by atoms with Crippen LogP contribution in [-0.4, -0.2) is 17.6 Å². The van der Waals surface area contributed by atoms with Gasteiger partial charge in [0.2, 0.25) is 0 Å². The number of benzene rings is 1. The maximum Gasteiger partial charge on any atom is 0.311 e. The van der Waals surface area contributed by atoms with E-state index in [1.54, 1.807) is 6.07 Å². The molecule has 152 valence electrons. The number of ether oxygens (including phenoxy) is 2. The predicted octanol–water partition coefficient (Wildman–Crippen LogP) is 4.65. The van der Waals surface area contributed by atoms with Gasteiger partial charge in [-0.3, -0.25) is 4.79 Å². The largest absolute Gasteiger partial charge is 0.507 e. The van der Waals surface area contributed by atoms with Crippen molar-refractivity contribution < 1.29 is 19.4 Å². The molecule has 0 saturated carbocycles. The van der Waals surface area contributed by atoms with E-state index in [2.05, 4.69) is 33.4 Å². The van der Waals surface area contributed by atoms with Crippen LogP contribution in [0.4, 0.5) is 0 Å². The molecule has 28 heavy (non-hydrogen) atoms. The average Bonchev–Trinajstić information content (AvgIpc) is 2.59. The van der Waals surface area contributed by atoms with E-state index in [9.17, 15) is 9.90 Å². The Morgan fingerprint density at radius 3 is 2.86 bits per heavy atom. The summed E-state index contributed by atoms with van der Waals surface area (Å²) in [6, 6.07) is 3.18. The van der Waals surface area contributed by atoms with Crippen LogP contribution >= 0.6 is 0 Å². The van der Waals surface area contributed by atoms with Gasteiger partial charge in [0.1, 0.15) is 23.0 Å². The monoisotopic (exact) mass is 385 g/mol. The van der Waals surface area contributed by atoms with Crippen LogP contribution in [0, 0.1) is 17.8 Å². The van der Waals surface area contributed by atoms with Crippen LogP contribution in [0.1, 0.15) is 57.9 Å². The van der Waals surface area contributed by atoms with Crippen molar-refractivity contribution in [1.82, 2.24) is 0 Å². The standard InChI is InChI=1S/C23H31NO4/c1-13(2)7-16(12-24)9-22(26)28-17-10-20(25)23-19-8-14(3)5-6-18(19)15(4)27-21(23)11-17/h8,10-11,13,16,18-19,25H,4-7,9,12,24H2,1-3H3/t16-,18-,19+/m0/s1. The van der Waals surface area contributed by atoms with E-state index in [-0.39, 0.29) is 41.6 Å². The highest BCUT2D eigenvalue weighted by atomic mass is 16.5. The Kier molecular flexibility index (Phi) is 6.14. The SMILES string of the molecule is C=C1Oc2cc(OC(=O)C[C@@H](CN)CC(C)C)cc(O)c2[C@@H]2C=C(C)CC[C@@H]12. The van der Waals surface area contributed by atoms with Gasteiger partial charge in [0.25, 0.3) is 0 Å². The summed E-state index contributed by atoms with van der Waals surface area (Å²) in [5.74, 6) is 1.99. The van der Waals surface area contributed by atoms with Crippen LogP contribution in [-0.2, 0) is 4.79 Å². The maximum absolute atomic E-state index is 12.4. The van der Waals surface area contributed by atoms with Crippen molar-refractivity contribution in [2.24, 2.45) is 23.5 Å². The molecule has 0 bridgehead atoms. The van der Waals surface area contributed by atoms with Crippen LogP contribution in [0.2, 0.25) is 0 Å². The van der Waals surface area contributed by atoms with Gasteiger partial charge in [0, 0.05) is 36.0 Å². The highest BCUT2D eigenvalue weighted by Crippen LogP contribution is 2.51. The van der Waals surface area contributed by atoms with Crippen molar-refractivity contribution in [3.63, 3.8) is 0 Å². The lowest BCUT2D eigenvalue weighted by Gasteiger charge is -2.36. The molecule has 3 N–H and O–H groups in total. The summed E-state index contributed by atoms with van der Waals surface area (Å²) < 4.78 is 11.4. The van der Waals surface area contributed by atoms with Gasteiger partial charge in [-0.25, -0.2) is 0 Å². The molecular formula is C23H31NO4. The number of rotatable bonds is 6. The predicted molar refractivity (Wildman–Crippen MR) is 109 cm³/mol. The van der Waals surface area contributed by atoms with Crippen molar-refractivity contribution in [2.45, 2.75) is 52.4 Å². The van der Waals surface area contributed by atoms with Gasteiger partial charge in [0.05, 0.1) is 0 Å². The number of carbonyl (C=O) groups is 1. The summed E-state index contributed by atoms with van der Waals surface area (Å²) in [6.45, 7) is 10.8. The molecule has 0 unspecified atom stereocenters. The second-order valence-electron chi connectivity index (χ2n) is 8.52. The third kappa shape index (κ3) is 4.41. The molecule has 0 amide bonds. The zero-order chi connectivity index (χ0) is 20.4. The molecule has 1 aliphatic heterocycles. The first-order chi connectivity index (χ1) is 13.3. The van der Waals surface area contributed by atoms with E-state index in [4.69, 9.17) is 15.2 Å². The molecule has 1 aromatic rings. The van der Waals surface area contributed by atoms with Crippen LogP contribution < -0.4 is 15.2 Å². The lowest BCUT2D eigenvalue weighted by Crippen LogP contribution is -2.25. The van der Waals surface area contributed by atoms with Crippen LogP contribution in [0.15, 0.2) is 36.1 Å². The Labute approximate surface area is 167 Å². The summed E-state index contributed by atoms with van der Waals surface area (Å²) in [7, 11) is 0. The smallest absolute Gasteiger partial charge is 0.311 e. The van der Waals surface area contributed by atoms with Crippen molar-refractivity contribution in [3.8, 4) is 17.2 Å². The topological polar surface area (TPSA) is 81.8 Å². The quantitative estimate of drug-likeness (QED) is 0.423. The molecule has 5 nitrogen and oxygen atoms in total. The number of carbonyl (C=O) groups excluding carboxylic acids is 1. The molecule has 0 saturated heterocycles. The van der Waals surface area contributed by atoms with E-state index < -0.39 is 0 Å². The fraction of sp³-hybridized carbons (Fsp3) is 0.522. The Morgan fingerprint density at radius 2 is 2.18 bits per heavy atom. The summed E-state index contributed by atoms with van der Waals surface area (Å²) >= 11 is 0. The fourth-order valence-corrected chi connectivity index (χ4v) is 4.34. The first kappa shape index (κ1) is 20.5. The van der Waals surface area contributed by atoms with Gasteiger partial charge >= 0.3 is 5.97 Å². The van der Waals surface area contributed by atoms with E-state index >= 15 is 0 Å². The Balaban J connectivity index is 1.80. The third-order valence-electron chi connectivity index (χ3n) is 5.65. The molecule has 0 spiro atoms. The summed E-state index contributed by atoms with van der Waals surface area (Å²) in [4.78, 5) is 12.4. The number of esters is 1. The molecule has 0 aromatic heterocycles. The van der Waals surface area contributed by atoms with Crippen molar-refractivity contribution in [3.05, 3.63) is 41.7 Å². The lowest BCUT2D eigenvalue weighted by molar-refractivity contribution is -0.135. The molecule has 1 aromatic carbocycles. The number of allylic oxidation sites excluding steroid dienone is 3. The third-order valence-corrected chi connectivity index (χ3v) is 5.65. The number of phenols is 1. The van der Waals surface area contributed by atoms with Gasteiger partial charge in [0.15, 0.2) is 0 Å². The zero-order valence-corrected chi connectivity index (χ0v) is 17.0. The van der Waals surface area contributed by atoms with Gasteiger partial charge in [-0.1, -0.05) is 32.1 Å². The van der Waals surface area contributed by atoms with Gasteiger partial charge in [-0.05, 0) is 44.6 Å². The average molecular weight is 386 g/mol. The second-order valence-corrected chi connectivity index (χ2v) is 8.52. The summed E-state index contributed by atoms with van der Waals surface area (Å²) in [6.07, 6.45) is 5.28. The van der Waals surface area contributed by atoms with E-state index in [1.165, 1.54) is 11.6 Å². The number of hydrogen-bond acceptors (Lipinski definition) is 5. The van der Waals surface area contributed by atoms with Gasteiger partial charge in [-0.2, -0.15) is 0 Å². The number of hydrogen-bond donors (Lipinski definition) is 2. The molecule has 2 aliphatic rings. The molecule has 1 aliphatic carbocycles. The number of phenolic OH excluding ortho intramolecular Hbond substituents is 1. The van der Waals surface area contributed by atoms with Crippen LogP contribution in [0.25, 0.3) is 0 Å².